The van der Waals surface area contributed by atoms with Crippen LogP contribution in [-0.2, 0) is 16.1 Å². The van der Waals surface area contributed by atoms with Gasteiger partial charge in [0.05, 0.1) is 13.2 Å². The van der Waals surface area contributed by atoms with Crippen LogP contribution in [0.1, 0.15) is 30.9 Å². The molecule has 1 spiro atoms. The largest absolute Gasteiger partial charge is 0.378 e. The lowest BCUT2D eigenvalue weighted by Crippen LogP contribution is -2.42. The highest BCUT2D eigenvalue weighted by Gasteiger charge is 2.50. The Morgan fingerprint density at radius 1 is 1.00 bits per heavy atom. The lowest BCUT2D eigenvalue weighted by Gasteiger charge is -2.21. The maximum Gasteiger partial charge on any atom is 0.258 e. The molecule has 8 heteroatoms. The second-order valence-electron chi connectivity index (χ2n) is 9.67. The van der Waals surface area contributed by atoms with Crippen molar-refractivity contribution in [3.63, 3.8) is 0 Å². The summed E-state index contributed by atoms with van der Waals surface area (Å²) in [6.07, 6.45) is 1.37. The van der Waals surface area contributed by atoms with Gasteiger partial charge in [-0.1, -0.05) is 67.1 Å². The van der Waals surface area contributed by atoms with Gasteiger partial charge in [0.15, 0.2) is 5.54 Å². The number of tetrazole rings is 1. The van der Waals surface area contributed by atoms with Crippen molar-refractivity contribution in [2.24, 2.45) is 4.99 Å². The van der Waals surface area contributed by atoms with Crippen molar-refractivity contribution in [1.29, 1.82) is 0 Å². The number of carbonyl (C=O) groups is 1. The van der Waals surface area contributed by atoms with Crippen LogP contribution < -0.4 is 0 Å². The molecular formula is C29H28N6O2. The third-order valence-electron chi connectivity index (χ3n) is 7.18. The van der Waals surface area contributed by atoms with E-state index in [-0.39, 0.29) is 5.91 Å². The minimum atomic E-state index is -0.721. The third kappa shape index (κ3) is 4.23. The highest BCUT2D eigenvalue weighted by Crippen LogP contribution is 2.36. The molecule has 0 bridgehead atoms. The Morgan fingerprint density at radius 3 is 2.51 bits per heavy atom. The third-order valence-corrected chi connectivity index (χ3v) is 7.18. The molecule has 3 aromatic carbocycles. The van der Waals surface area contributed by atoms with Gasteiger partial charge >= 0.3 is 0 Å². The summed E-state index contributed by atoms with van der Waals surface area (Å²) in [5, 5.41) is 14.8. The molecule has 0 radical (unpaired) electrons. The molecule has 1 atom stereocenters. The van der Waals surface area contributed by atoms with Gasteiger partial charge in [0.1, 0.15) is 5.84 Å². The van der Waals surface area contributed by atoms with Gasteiger partial charge in [0.25, 0.3) is 5.91 Å². The molecule has 0 aliphatic carbocycles. The Balaban J connectivity index is 1.32. The van der Waals surface area contributed by atoms with Crippen LogP contribution in [0.15, 0.2) is 71.7 Å². The smallest absolute Gasteiger partial charge is 0.258 e. The molecule has 2 aliphatic heterocycles. The molecule has 6 rings (SSSR count). The number of benzene rings is 3. The zero-order valence-corrected chi connectivity index (χ0v) is 20.9. The predicted octanol–water partition coefficient (Wildman–Crippen LogP) is 4.82. The van der Waals surface area contributed by atoms with Crippen molar-refractivity contribution in [3.8, 4) is 33.6 Å². The fraction of sp³-hybridized carbons (Fsp3) is 0.276. The Labute approximate surface area is 215 Å². The number of aliphatic imine (C=N–C) groups is 1. The molecule has 37 heavy (non-hydrogen) atoms. The Bertz CT molecular complexity index is 1470. The number of carbonyl (C=O) groups excluding carboxylic acids is 1. The highest BCUT2D eigenvalue weighted by atomic mass is 16.5. The van der Waals surface area contributed by atoms with E-state index >= 15 is 0 Å². The van der Waals surface area contributed by atoms with Crippen LogP contribution in [0.25, 0.3) is 33.6 Å². The van der Waals surface area contributed by atoms with Gasteiger partial charge in [0.2, 0.25) is 5.82 Å². The number of nitrogens with one attached hydrogen (secondary N) is 1. The standard InChI is InChI=1S/C29H28N6O2/c1-3-26-30-29(13-14-37-18-29)28(36)35(26)17-20-7-9-21(10-8-20)25-16-23(22-6-4-5-19(2)15-22)11-12-24(25)27-31-33-34-32-27/h4-12,15-16H,3,13-14,17-18H2,1-2H3,(H,31,32,33,34). The van der Waals surface area contributed by atoms with Gasteiger partial charge in [-0.2, -0.15) is 5.21 Å². The lowest BCUT2D eigenvalue weighted by molar-refractivity contribution is -0.131. The number of aromatic nitrogens is 4. The summed E-state index contributed by atoms with van der Waals surface area (Å²) in [6, 6.07) is 23.1. The van der Waals surface area contributed by atoms with Gasteiger partial charge in [-0.3, -0.25) is 14.7 Å². The summed E-state index contributed by atoms with van der Waals surface area (Å²) in [5.41, 5.74) is 6.76. The Hall–Kier alpha value is -4.17. The first-order chi connectivity index (χ1) is 18.1. The number of aromatic amines is 1. The van der Waals surface area contributed by atoms with Crippen LogP contribution in [0, 0.1) is 6.92 Å². The zero-order valence-electron chi connectivity index (χ0n) is 20.9. The van der Waals surface area contributed by atoms with Crippen LogP contribution >= 0.6 is 0 Å². The topological polar surface area (TPSA) is 96.4 Å². The molecule has 0 saturated carbocycles. The van der Waals surface area contributed by atoms with Crippen molar-refractivity contribution in [3.05, 3.63) is 77.9 Å². The number of H-pyrrole nitrogens is 1. The first-order valence-electron chi connectivity index (χ1n) is 12.6. The number of hydrogen-bond acceptors (Lipinski definition) is 6. The van der Waals surface area contributed by atoms with Gasteiger partial charge in [-0.05, 0) is 52.1 Å². The van der Waals surface area contributed by atoms with Crippen LogP contribution in [-0.4, -0.2) is 56.0 Å². The molecule has 4 aromatic rings. The Morgan fingerprint density at radius 2 is 1.81 bits per heavy atom. The molecule has 1 aromatic heterocycles. The first-order valence-corrected chi connectivity index (χ1v) is 12.6. The van der Waals surface area contributed by atoms with E-state index < -0.39 is 5.54 Å². The first kappa shape index (κ1) is 23.2. The number of hydrogen-bond donors (Lipinski definition) is 1. The summed E-state index contributed by atoms with van der Waals surface area (Å²) in [6.45, 7) is 5.59. The van der Waals surface area contributed by atoms with E-state index in [4.69, 9.17) is 9.73 Å². The van der Waals surface area contributed by atoms with Crippen molar-refractivity contribution in [2.75, 3.05) is 13.2 Å². The van der Waals surface area contributed by atoms with Crippen LogP contribution in [0.5, 0.6) is 0 Å². The maximum absolute atomic E-state index is 13.3. The average Bonchev–Trinajstić information content (AvgIpc) is 3.68. The monoisotopic (exact) mass is 492 g/mol. The second-order valence-corrected chi connectivity index (χ2v) is 9.67. The molecule has 1 fully saturated rings. The van der Waals surface area contributed by atoms with Crippen LogP contribution in [0.2, 0.25) is 0 Å². The van der Waals surface area contributed by atoms with E-state index in [0.717, 1.165) is 39.2 Å². The number of amidine groups is 1. The summed E-state index contributed by atoms with van der Waals surface area (Å²) in [7, 11) is 0. The van der Waals surface area contributed by atoms with Crippen LogP contribution in [0.3, 0.4) is 0 Å². The van der Waals surface area contributed by atoms with Gasteiger partial charge in [0, 0.05) is 25.0 Å². The number of amides is 1. The van der Waals surface area contributed by atoms with Crippen molar-refractivity contribution >= 4 is 11.7 Å². The lowest BCUT2D eigenvalue weighted by atomic mass is 9.93. The maximum atomic E-state index is 13.3. The summed E-state index contributed by atoms with van der Waals surface area (Å²) in [4.78, 5) is 19.9. The summed E-state index contributed by atoms with van der Waals surface area (Å²) < 4.78 is 5.53. The highest BCUT2D eigenvalue weighted by molar-refractivity contribution is 6.08. The van der Waals surface area contributed by atoms with Crippen molar-refractivity contribution in [1.82, 2.24) is 25.5 Å². The van der Waals surface area contributed by atoms with Crippen molar-refractivity contribution in [2.45, 2.75) is 38.8 Å². The molecule has 1 N–H and O–H groups in total. The normalized spacial score (nSPS) is 19.1. The number of aryl methyl sites for hydroxylation is 1. The molecule has 8 nitrogen and oxygen atoms in total. The minimum absolute atomic E-state index is 0.0520. The van der Waals surface area contributed by atoms with Gasteiger partial charge in [-0.15, -0.1) is 10.2 Å². The van der Waals surface area contributed by atoms with E-state index in [9.17, 15) is 4.79 Å². The SMILES string of the molecule is CCC1=NC2(CCOC2)C(=O)N1Cc1ccc(-c2cc(-c3cccc(C)c3)ccc2-c2nn[nH]n2)cc1. The van der Waals surface area contributed by atoms with E-state index in [1.54, 1.807) is 0 Å². The number of nitrogens with zero attached hydrogens (tertiary/aromatic N) is 5. The Kier molecular flexibility index (Phi) is 5.88. The molecule has 1 saturated heterocycles. The zero-order chi connectivity index (χ0) is 25.4. The predicted molar refractivity (Wildman–Crippen MR) is 142 cm³/mol. The summed E-state index contributed by atoms with van der Waals surface area (Å²) >= 11 is 0. The molecule has 186 valence electrons. The molecule has 1 unspecified atom stereocenters. The van der Waals surface area contributed by atoms with Crippen molar-refractivity contribution < 1.29 is 9.53 Å². The molecule has 1 amide bonds. The summed E-state index contributed by atoms with van der Waals surface area (Å²) in [5.74, 6) is 1.44. The van der Waals surface area contributed by atoms with E-state index in [1.807, 2.05) is 17.9 Å². The van der Waals surface area contributed by atoms with Gasteiger partial charge < -0.3 is 4.74 Å². The fourth-order valence-corrected chi connectivity index (χ4v) is 5.20. The van der Waals surface area contributed by atoms with E-state index in [0.29, 0.717) is 38.4 Å². The molecular weight excluding hydrogens is 464 g/mol. The van der Waals surface area contributed by atoms with Gasteiger partial charge in [-0.25, -0.2) is 0 Å². The van der Waals surface area contributed by atoms with E-state index in [2.05, 4.69) is 88.2 Å². The number of rotatable bonds is 6. The minimum Gasteiger partial charge on any atom is -0.378 e. The molecule has 2 aliphatic rings. The second kappa shape index (κ2) is 9.37. The van der Waals surface area contributed by atoms with E-state index in [1.165, 1.54) is 5.56 Å². The quantitative estimate of drug-likeness (QED) is 0.416. The average molecular weight is 493 g/mol. The molecule has 3 heterocycles. The number of ether oxygens (including phenoxy) is 1. The van der Waals surface area contributed by atoms with Crippen LogP contribution in [0.4, 0.5) is 0 Å². The fourth-order valence-electron chi connectivity index (χ4n) is 5.20.